The molecule has 0 saturated heterocycles. The summed E-state index contributed by atoms with van der Waals surface area (Å²) < 4.78 is 13.3. The highest BCUT2D eigenvalue weighted by Crippen LogP contribution is 2.35. The van der Waals surface area contributed by atoms with Gasteiger partial charge in [-0.05, 0) is 50.4 Å². The molecule has 2 rings (SSSR count). The van der Waals surface area contributed by atoms with Crippen molar-refractivity contribution < 1.29 is 9.50 Å². The molecule has 0 heterocycles. The first-order valence-electron chi connectivity index (χ1n) is 6.70. The molecular formula is C16H20FNO. The molecule has 19 heavy (non-hydrogen) atoms. The van der Waals surface area contributed by atoms with Crippen LogP contribution in [0.3, 0.4) is 0 Å². The van der Waals surface area contributed by atoms with Crippen molar-refractivity contribution in [3.05, 3.63) is 35.1 Å². The van der Waals surface area contributed by atoms with Crippen molar-refractivity contribution in [1.82, 2.24) is 4.90 Å². The molecule has 0 spiro atoms. The lowest BCUT2D eigenvalue weighted by Gasteiger charge is -2.25. The van der Waals surface area contributed by atoms with Crippen molar-refractivity contribution in [1.29, 1.82) is 0 Å². The molecule has 2 nitrogen and oxygen atoms in total. The lowest BCUT2D eigenvalue weighted by atomic mass is 10.1. The number of aliphatic hydroxyl groups excluding tert-OH is 1. The number of nitrogens with zero attached hydrogens (tertiary/aromatic N) is 1. The van der Waals surface area contributed by atoms with Gasteiger partial charge in [0.05, 0.1) is 0 Å². The fourth-order valence-electron chi connectivity index (χ4n) is 2.29. The Bertz CT molecular complexity index is 499. The minimum Gasteiger partial charge on any atom is -0.384 e. The molecule has 1 aromatic rings. The molecule has 0 bridgehead atoms. The standard InChI is InChI=1S/C16H20FNO/c1-12(13-5-6-13)18(2)11-15-7-8-16(17)10-14(15)4-3-9-19/h7-8,10,12-13,19H,5-6,9,11H2,1-2H3. The van der Waals surface area contributed by atoms with Gasteiger partial charge in [0, 0.05) is 18.2 Å². The van der Waals surface area contributed by atoms with Gasteiger partial charge in [0.15, 0.2) is 0 Å². The number of halogens is 1. The van der Waals surface area contributed by atoms with Crippen molar-refractivity contribution in [2.24, 2.45) is 5.92 Å². The lowest BCUT2D eigenvalue weighted by Crippen LogP contribution is -2.30. The maximum Gasteiger partial charge on any atom is 0.124 e. The molecule has 1 aliphatic rings. The Hall–Kier alpha value is -1.37. The van der Waals surface area contributed by atoms with E-state index in [-0.39, 0.29) is 12.4 Å². The monoisotopic (exact) mass is 261 g/mol. The second-order valence-electron chi connectivity index (χ2n) is 5.25. The quantitative estimate of drug-likeness (QED) is 0.841. The summed E-state index contributed by atoms with van der Waals surface area (Å²) in [5.41, 5.74) is 1.68. The molecule has 1 saturated carbocycles. The summed E-state index contributed by atoms with van der Waals surface area (Å²) in [6, 6.07) is 5.24. The van der Waals surface area contributed by atoms with Gasteiger partial charge in [-0.25, -0.2) is 4.39 Å². The number of benzene rings is 1. The van der Waals surface area contributed by atoms with E-state index in [4.69, 9.17) is 5.11 Å². The molecule has 3 heteroatoms. The molecule has 102 valence electrons. The Kier molecular flexibility index (Phi) is 4.57. The normalized spacial score (nSPS) is 16.1. The van der Waals surface area contributed by atoms with Gasteiger partial charge in [-0.3, -0.25) is 4.90 Å². The van der Waals surface area contributed by atoms with E-state index < -0.39 is 0 Å². The van der Waals surface area contributed by atoms with Crippen LogP contribution in [0.15, 0.2) is 18.2 Å². The van der Waals surface area contributed by atoms with Crippen LogP contribution >= 0.6 is 0 Å². The summed E-state index contributed by atoms with van der Waals surface area (Å²) in [7, 11) is 2.09. The van der Waals surface area contributed by atoms with Gasteiger partial charge in [-0.1, -0.05) is 17.9 Å². The molecule has 1 aromatic carbocycles. The van der Waals surface area contributed by atoms with Crippen LogP contribution in [0.2, 0.25) is 0 Å². The highest BCUT2D eigenvalue weighted by atomic mass is 19.1. The average molecular weight is 261 g/mol. The summed E-state index contributed by atoms with van der Waals surface area (Å²) in [6.45, 7) is 2.79. The molecule has 1 unspecified atom stereocenters. The second kappa shape index (κ2) is 6.18. The van der Waals surface area contributed by atoms with Crippen LogP contribution in [0.25, 0.3) is 0 Å². The Morgan fingerprint density at radius 1 is 1.47 bits per heavy atom. The third-order valence-corrected chi connectivity index (χ3v) is 3.79. The molecule has 0 aliphatic heterocycles. The lowest BCUT2D eigenvalue weighted by molar-refractivity contribution is 0.226. The highest BCUT2D eigenvalue weighted by Gasteiger charge is 2.30. The number of rotatable bonds is 4. The molecule has 1 fully saturated rings. The van der Waals surface area contributed by atoms with Crippen LogP contribution in [-0.4, -0.2) is 29.7 Å². The maximum absolute atomic E-state index is 13.3. The SMILES string of the molecule is CC(C1CC1)N(C)Cc1ccc(F)cc1C#CCO. The van der Waals surface area contributed by atoms with Gasteiger partial charge in [-0.2, -0.15) is 0 Å². The number of aliphatic hydroxyl groups is 1. The second-order valence-corrected chi connectivity index (χ2v) is 5.25. The fourth-order valence-corrected chi connectivity index (χ4v) is 2.29. The average Bonchev–Trinajstić information content (AvgIpc) is 3.22. The summed E-state index contributed by atoms with van der Waals surface area (Å²) in [5, 5.41) is 8.76. The van der Waals surface area contributed by atoms with Gasteiger partial charge in [-0.15, -0.1) is 0 Å². The van der Waals surface area contributed by atoms with Crippen molar-refractivity contribution in [3.63, 3.8) is 0 Å². The Morgan fingerprint density at radius 2 is 2.21 bits per heavy atom. The smallest absolute Gasteiger partial charge is 0.124 e. The van der Waals surface area contributed by atoms with E-state index in [2.05, 4.69) is 30.7 Å². The van der Waals surface area contributed by atoms with E-state index in [1.54, 1.807) is 6.07 Å². The summed E-state index contributed by atoms with van der Waals surface area (Å²) >= 11 is 0. The first-order valence-corrected chi connectivity index (χ1v) is 6.70. The van der Waals surface area contributed by atoms with Gasteiger partial charge in [0.1, 0.15) is 12.4 Å². The highest BCUT2D eigenvalue weighted by molar-refractivity contribution is 5.41. The van der Waals surface area contributed by atoms with Gasteiger partial charge < -0.3 is 5.11 Å². The van der Waals surface area contributed by atoms with Crippen molar-refractivity contribution in [3.8, 4) is 11.8 Å². The van der Waals surface area contributed by atoms with E-state index in [9.17, 15) is 4.39 Å². The largest absolute Gasteiger partial charge is 0.384 e. The third-order valence-electron chi connectivity index (χ3n) is 3.79. The van der Waals surface area contributed by atoms with Crippen LogP contribution in [0.1, 0.15) is 30.9 Å². The Labute approximate surface area is 114 Å². The first-order chi connectivity index (χ1) is 9.11. The Morgan fingerprint density at radius 3 is 2.84 bits per heavy atom. The first kappa shape index (κ1) is 14.0. The van der Waals surface area contributed by atoms with E-state index in [1.807, 2.05) is 0 Å². The van der Waals surface area contributed by atoms with E-state index in [0.717, 1.165) is 18.0 Å². The molecule has 1 atom stereocenters. The van der Waals surface area contributed by atoms with Gasteiger partial charge in [0.2, 0.25) is 0 Å². The molecule has 0 aromatic heterocycles. The van der Waals surface area contributed by atoms with Crippen LogP contribution in [-0.2, 0) is 6.54 Å². The predicted molar refractivity (Wildman–Crippen MR) is 74.0 cm³/mol. The zero-order valence-electron chi connectivity index (χ0n) is 11.5. The molecule has 0 amide bonds. The maximum atomic E-state index is 13.3. The molecule has 1 aliphatic carbocycles. The minimum absolute atomic E-state index is 0.204. The molecule has 1 N–H and O–H groups in total. The van der Waals surface area contributed by atoms with E-state index in [0.29, 0.717) is 11.6 Å². The van der Waals surface area contributed by atoms with Crippen LogP contribution in [0.4, 0.5) is 4.39 Å². The summed E-state index contributed by atoms with van der Waals surface area (Å²) in [6.07, 6.45) is 2.62. The van der Waals surface area contributed by atoms with Gasteiger partial charge >= 0.3 is 0 Å². The van der Waals surface area contributed by atoms with E-state index in [1.165, 1.54) is 25.0 Å². The van der Waals surface area contributed by atoms with Crippen molar-refractivity contribution in [2.45, 2.75) is 32.4 Å². The fraction of sp³-hybridized carbons (Fsp3) is 0.500. The molecular weight excluding hydrogens is 241 g/mol. The van der Waals surface area contributed by atoms with Crippen LogP contribution in [0.5, 0.6) is 0 Å². The van der Waals surface area contributed by atoms with Crippen molar-refractivity contribution in [2.75, 3.05) is 13.7 Å². The van der Waals surface area contributed by atoms with E-state index >= 15 is 0 Å². The number of hydrogen-bond donors (Lipinski definition) is 1. The van der Waals surface area contributed by atoms with Gasteiger partial charge in [0.25, 0.3) is 0 Å². The minimum atomic E-state index is -0.288. The zero-order valence-corrected chi connectivity index (χ0v) is 11.5. The van der Waals surface area contributed by atoms with Crippen LogP contribution < -0.4 is 0 Å². The zero-order chi connectivity index (χ0) is 13.8. The Balaban J connectivity index is 2.14. The summed E-state index contributed by atoms with van der Waals surface area (Å²) in [5.74, 6) is 5.93. The molecule has 0 radical (unpaired) electrons. The van der Waals surface area contributed by atoms with Crippen molar-refractivity contribution >= 4 is 0 Å². The number of hydrogen-bond acceptors (Lipinski definition) is 2. The third kappa shape index (κ3) is 3.79. The predicted octanol–water partition coefficient (Wildman–Crippen LogP) is 2.40. The van der Waals surface area contributed by atoms with Crippen LogP contribution in [0, 0.1) is 23.6 Å². The topological polar surface area (TPSA) is 23.5 Å². The summed E-state index contributed by atoms with van der Waals surface area (Å²) in [4.78, 5) is 2.29.